The average molecular weight is 439 g/mol. The maximum atomic E-state index is 12.8. The van der Waals surface area contributed by atoms with Gasteiger partial charge in [0.2, 0.25) is 17.7 Å². The Hall–Kier alpha value is -3.68. The number of aliphatic carboxylic acids is 1. The molecule has 14 nitrogen and oxygen atoms in total. The summed E-state index contributed by atoms with van der Waals surface area (Å²) in [5.41, 5.74) is 16.6. The molecule has 1 aromatic heterocycles. The second kappa shape index (κ2) is 12.8. The van der Waals surface area contributed by atoms with Gasteiger partial charge in [-0.3, -0.25) is 24.2 Å². The molecule has 3 atom stereocenters. The minimum Gasteiger partial charge on any atom is -0.480 e. The molecule has 0 aliphatic heterocycles. The number of aromatic nitrogens is 2. The molecule has 3 amide bonds. The minimum atomic E-state index is -1.23. The highest BCUT2D eigenvalue weighted by atomic mass is 16.4. The molecule has 0 saturated carbocycles. The van der Waals surface area contributed by atoms with E-state index in [0.717, 1.165) is 0 Å². The van der Waals surface area contributed by atoms with E-state index in [2.05, 4.69) is 30.9 Å². The van der Waals surface area contributed by atoms with Crippen molar-refractivity contribution in [2.75, 3.05) is 13.1 Å². The second-order valence-electron chi connectivity index (χ2n) is 6.75. The quantitative estimate of drug-likeness (QED) is 0.0862. The lowest BCUT2D eigenvalue weighted by atomic mass is 10.1. The Balaban J connectivity index is 2.91. The summed E-state index contributed by atoms with van der Waals surface area (Å²) in [6, 6.07) is -2.98. The van der Waals surface area contributed by atoms with Crippen LogP contribution in [0.5, 0.6) is 0 Å². The van der Waals surface area contributed by atoms with Gasteiger partial charge in [0.1, 0.15) is 18.6 Å². The number of hydrogen-bond acceptors (Lipinski definition) is 7. The van der Waals surface area contributed by atoms with Gasteiger partial charge in [-0.15, -0.1) is 0 Å². The van der Waals surface area contributed by atoms with E-state index in [1.807, 2.05) is 0 Å². The lowest BCUT2D eigenvalue weighted by molar-refractivity contribution is -0.138. The highest BCUT2D eigenvalue weighted by Crippen LogP contribution is 2.04. The van der Waals surface area contributed by atoms with Crippen LogP contribution in [0.25, 0.3) is 0 Å². The summed E-state index contributed by atoms with van der Waals surface area (Å²) >= 11 is 0. The van der Waals surface area contributed by atoms with Gasteiger partial charge in [-0.05, 0) is 19.8 Å². The molecule has 0 fully saturated rings. The van der Waals surface area contributed by atoms with Gasteiger partial charge in [0.05, 0.1) is 12.4 Å². The number of H-pyrrole nitrogens is 1. The van der Waals surface area contributed by atoms with Gasteiger partial charge >= 0.3 is 5.97 Å². The van der Waals surface area contributed by atoms with Crippen molar-refractivity contribution in [1.29, 1.82) is 0 Å². The molecule has 1 rings (SSSR count). The highest BCUT2D eigenvalue weighted by Gasteiger charge is 2.28. The van der Waals surface area contributed by atoms with E-state index in [-0.39, 0.29) is 25.3 Å². The Morgan fingerprint density at radius 1 is 1.16 bits per heavy atom. The molecule has 11 N–H and O–H groups in total. The van der Waals surface area contributed by atoms with Gasteiger partial charge < -0.3 is 43.2 Å². The van der Waals surface area contributed by atoms with Gasteiger partial charge in [0, 0.05) is 24.9 Å². The number of carboxylic acids is 1. The summed E-state index contributed by atoms with van der Waals surface area (Å²) in [5, 5.41) is 16.1. The van der Waals surface area contributed by atoms with Gasteiger partial charge in [-0.25, -0.2) is 4.98 Å². The summed E-state index contributed by atoms with van der Waals surface area (Å²) in [6.45, 7) is 1.08. The molecule has 0 aromatic carbocycles. The Bertz CT molecular complexity index is 775. The van der Waals surface area contributed by atoms with E-state index in [4.69, 9.17) is 22.3 Å². The molecule has 14 heteroatoms. The van der Waals surface area contributed by atoms with Gasteiger partial charge in [-0.1, -0.05) is 0 Å². The fourth-order valence-corrected chi connectivity index (χ4v) is 2.46. The molecule has 3 unspecified atom stereocenters. The van der Waals surface area contributed by atoms with Crippen LogP contribution in [0, 0.1) is 0 Å². The van der Waals surface area contributed by atoms with Crippen LogP contribution in [0.2, 0.25) is 0 Å². The zero-order chi connectivity index (χ0) is 23.4. The first-order chi connectivity index (χ1) is 14.6. The molecule has 0 radical (unpaired) electrons. The zero-order valence-corrected chi connectivity index (χ0v) is 17.1. The Morgan fingerprint density at radius 3 is 2.39 bits per heavy atom. The largest absolute Gasteiger partial charge is 0.480 e. The Kier molecular flexibility index (Phi) is 10.5. The van der Waals surface area contributed by atoms with Gasteiger partial charge in [-0.2, -0.15) is 0 Å². The third-order valence-electron chi connectivity index (χ3n) is 4.02. The van der Waals surface area contributed by atoms with Gasteiger partial charge in [0.15, 0.2) is 5.96 Å². The van der Waals surface area contributed by atoms with E-state index in [9.17, 15) is 19.2 Å². The zero-order valence-electron chi connectivity index (χ0n) is 17.1. The number of carbonyl (C=O) groups is 4. The third-order valence-corrected chi connectivity index (χ3v) is 4.02. The molecule has 0 spiro atoms. The molecule has 0 bridgehead atoms. The third kappa shape index (κ3) is 10.1. The molecular formula is C17H29N9O5. The number of carbonyl (C=O) groups excluding carboxylic acids is 3. The number of nitrogens with zero attached hydrogens (tertiary/aromatic N) is 2. The van der Waals surface area contributed by atoms with Crippen molar-refractivity contribution in [1.82, 2.24) is 25.9 Å². The highest BCUT2D eigenvalue weighted by molar-refractivity contribution is 5.93. The van der Waals surface area contributed by atoms with E-state index < -0.39 is 48.4 Å². The number of nitrogens with one attached hydrogen (secondary N) is 4. The van der Waals surface area contributed by atoms with Crippen molar-refractivity contribution in [3.05, 3.63) is 18.2 Å². The van der Waals surface area contributed by atoms with Crippen molar-refractivity contribution in [3.8, 4) is 0 Å². The number of imidazole rings is 1. The standard InChI is InChI=1S/C17H29N9O5/c1-9(18)14(29)25-11(3-2-4-22-17(19)20)16(31)26-12(5-10-6-21-8-24-10)15(30)23-7-13(27)28/h6,8-9,11-12H,2-5,7,18H2,1H3,(H,21,24)(H,23,30)(H,25,29)(H,26,31)(H,27,28)(H4,19,20,22). The molecule has 172 valence electrons. The molecule has 1 heterocycles. The first kappa shape index (κ1) is 25.4. The first-order valence-electron chi connectivity index (χ1n) is 9.48. The molecule has 31 heavy (non-hydrogen) atoms. The van der Waals surface area contributed by atoms with Crippen molar-refractivity contribution < 1.29 is 24.3 Å². The fourth-order valence-electron chi connectivity index (χ4n) is 2.46. The second-order valence-corrected chi connectivity index (χ2v) is 6.75. The smallest absolute Gasteiger partial charge is 0.322 e. The molecule has 1 aromatic rings. The van der Waals surface area contributed by atoms with E-state index in [1.165, 1.54) is 19.4 Å². The Labute approximate surface area is 178 Å². The van der Waals surface area contributed by atoms with Crippen LogP contribution in [0.15, 0.2) is 17.5 Å². The number of carboxylic acid groups (broad SMARTS) is 1. The molecular weight excluding hydrogens is 410 g/mol. The van der Waals surface area contributed by atoms with Gasteiger partial charge in [0.25, 0.3) is 0 Å². The minimum absolute atomic E-state index is 0.0269. The van der Waals surface area contributed by atoms with Crippen molar-refractivity contribution in [2.24, 2.45) is 22.2 Å². The first-order valence-corrected chi connectivity index (χ1v) is 9.48. The number of amides is 3. The fraction of sp³-hybridized carbons (Fsp3) is 0.529. The van der Waals surface area contributed by atoms with Crippen molar-refractivity contribution in [3.63, 3.8) is 0 Å². The predicted molar refractivity (Wildman–Crippen MR) is 110 cm³/mol. The lowest BCUT2D eigenvalue weighted by Gasteiger charge is -2.23. The van der Waals surface area contributed by atoms with E-state index in [1.54, 1.807) is 0 Å². The van der Waals surface area contributed by atoms with Crippen molar-refractivity contribution >= 4 is 29.7 Å². The molecule has 0 aliphatic carbocycles. The normalized spacial score (nSPS) is 13.4. The van der Waals surface area contributed by atoms with Crippen LogP contribution in [0.3, 0.4) is 0 Å². The summed E-state index contributed by atoms with van der Waals surface area (Å²) in [4.78, 5) is 58.5. The monoisotopic (exact) mass is 439 g/mol. The number of aliphatic imine (C=N–C) groups is 1. The van der Waals surface area contributed by atoms with Crippen LogP contribution in [0.1, 0.15) is 25.5 Å². The maximum Gasteiger partial charge on any atom is 0.322 e. The molecule has 0 saturated heterocycles. The lowest BCUT2D eigenvalue weighted by Crippen LogP contribution is -2.56. The Morgan fingerprint density at radius 2 is 1.84 bits per heavy atom. The van der Waals surface area contributed by atoms with E-state index in [0.29, 0.717) is 12.1 Å². The average Bonchev–Trinajstić information content (AvgIpc) is 3.20. The predicted octanol–water partition coefficient (Wildman–Crippen LogP) is -3.48. The number of rotatable bonds is 13. The number of guanidine groups is 1. The summed E-state index contributed by atoms with van der Waals surface area (Å²) in [5.74, 6) is -3.24. The number of hydrogen-bond donors (Lipinski definition) is 8. The van der Waals surface area contributed by atoms with Crippen LogP contribution < -0.4 is 33.2 Å². The van der Waals surface area contributed by atoms with Crippen molar-refractivity contribution in [2.45, 2.75) is 44.3 Å². The summed E-state index contributed by atoms with van der Waals surface area (Å²) < 4.78 is 0. The van der Waals surface area contributed by atoms with Crippen LogP contribution >= 0.6 is 0 Å². The number of nitrogens with two attached hydrogens (primary N) is 3. The summed E-state index contributed by atoms with van der Waals surface area (Å²) in [7, 11) is 0. The summed E-state index contributed by atoms with van der Waals surface area (Å²) in [6.07, 6.45) is 3.44. The van der Waals surface area contributed by atoms with E-state index >= 15 is 0 Å². The van der Waals surface area contributed by atoms with Crippen LogP contribution in [0.4, 0.5) is 0 Å². The SMILES string of the molecule is CC(N)C(=O)NC(CCCN=C(N)N)C(=O)NC(Cc1cnc[nH]1)C(=O)NCC(=O)O. The number of aromatic amines is 1. The topological polar surface area (TPSA) is 244 Å². The van der Waals surface area contributed by atoms with Crippen LogP contribution in [-0.2, 0) is 25.6 Å². The molecule has 0 aliphatic rings. The maximum absolute atomic E-state index is 12.8. The van der Waals surface area contributed by atoms with Crippen LogP contribution in [-0.4, -0.2) is 75.9 Å².